The molecule has 0 N–H and O–H groups in total. The zero-order chi connectivity index (χ0) is 15.4. The van der Waals surface area contributed by atoms with Gasteiger partial charge in [-0.2, -0.15) is 0 Å². The van der Waals surface area contributed by atoms with Crippen LogP contribution >= 0.6 is 0 Å². The molecule has 0 fully saturated rings. The summed E-state index contributed by atoms with van der Waals surface area (Å²) in [5, 5.41) is 0. The van der Waals surface area contributed by atoms with Crippen molar-refractivity contribution < 1.29 is 0 Å². The predicted octanol–water partition coefficient (Wildman–Crippen LogP) is 7.47. The van der Waals surface area contributed by atoms with Gasteiger partial charge >= 0.3 is 0 Å². The van der Waals surface area contributed by atoms with Crippen molar-refractivity contribution in [2.75, 3.05) is 0 Å². The fraction of sp³-hybridized carbons (Fsp3) is 1.00. The van der Waals surface area contributed by atoms with Crippen LogP contribution in [0, 0.1) is 23.7 Å². The molecule has 0 heterocycles. The van der Waals surface area contributed by atoms with Crippen LogP contribution in [0.15, 0.2) is 0 Å². The highest BCUT2D eigenvalue weighted by atomic mass is 14.2. The summed E-state index contributed by atoms with van der Waals surface area (Å²) in [5.41, 5.74) is 0. The number of unbranched alkanes of at least 4 members (excludes halogenated alkanes) is 3. The molecule has 0 nitrogen and oxygen atoms in total. The summed E-state index contributed by atoms with van der Waals surface area (Å²) in [7, 11) is 0. The summed E-state index contributed by atoms with van der Waals surface area (Å²) in [6.07, 6.45) is 14.3. The van der Waals surface area contributed by atoms with E-state index in [1.165, 1.54) is 64.2 Å². The lowest BCUT2D eigenvalue weighted by atomic mass is 9.87. The average molecular weight is 283 g/mol. The van der Waals surface area contributed by atoms with E-state index in [2.05, 4.69) is 41.5 Å². The molecular formula is C20H42. The largest absolute Gasteiger partial charge is 0.0654 e. The lowest BCUT2D eigenvalue weighted by molar-refractivity contribution is 0.328. The van der Waals surface area contributed by atoms with Gasteiger partial charge < -0.3 is 0 Å². The number of hydrogen-bond acceptors (Lipinski definition) is 0. The van der Waals surface area contributed by atoms with Gasteiger partial charge in [-0.05, 0) is 36.5 Å². The molecule has 3 atom stereocenters. The maximum absolute atomic E-state index is 2.46. The monoisotopic (exact) mass is 282 g/mol. The summed E-state index contributed by atoms with van der Waals surface area (Å²) in [6, 6.07) is 0. The first kappa shape index (κ1) is 20.0. The summed E-state index contributed by atoms with van der Waals surface area (Å²) in [4.78, 5) is 0. The number of hydrogen-bond donors (Lipinski definition) is 0. The lowest BCUT2D eigenvalue weighted by Crippen LogP contribution is -2.07. The second-order valence-corrected chi connectivity index (χ2v) is 7.96. The van der Waals surface area contributed by atoms with Crippen LogP contribution in [0.3, 0.4) is 0 Å². The average Bonchev–Trinajstić information content (AvgIpc) is 2.33. The van der Waals surface area contributed by atoms with E-state index in [4.69, 9.17) is 0 Å². The Kier molecular flexibility index (Phi) is 12.7. The zero-order valence-corrected chi connectivity index (χ0v) is 15.4. The topological polar surface area (TPSA) is 0 Å². The Bertz CT molecular complexity index is 194. The zero-order valence-electron chi connectivity index (χ0n) is 15.4. The Labute approximate surface area is 130 Å². The molecule has 0 aromatic heterocycles. The Morgan fingerprint density at radius 1 is 0.550 bits per heavy atom. The summed E-state index contributed by atoms with van der Waals surface area (Å²) in [6.45, 7) is 14.3. The highest BCUT2D eigenvalue weighted by Gasteiger charge is 2.11. The predicted molar refractivity (Wildman–Crippen MR) is 94.2 cm³/mol. The molecule has 0 saturated carbocycles. The van der Waals surface area contributed by atoms with Crippen molar-refractivity contribution in [2.45, 2.75) is 106 Å². The summed E-state index contributed by atoms with van der Waals surface area (Å²) < 4.78 is 0. The third-order valence-electron chi connectivity index (χ3n) is 4.62. The first-order valence-electron chi connectivity index (χ1n) is 9.45. The second-order valence-electron chi connectivity index (χ2n) is 7.96. The lowest BCUT2D eigenvalue weighted by Gasteiger charge is -2.19. The Morgan fingerprint density at radius 3 is 1.75 bits per heavy atom. The molecule has 122 valence electrons. The highest BCUT2D eigenvalue weighted by molar-refractivity contribution is 4.63. The van der Waals surface area contributed by atoms with E-state index in [1.807, 2.05) is 0 Å². The molecule has 0 aromatic carbocycles. The molecule has 0 aliphatic heterocycles. The van der Waals surface area contributed by atoms with Gasteiger partial charge in [0.1, 0.15) is 0 Å². The van der Waals surface area contributed by atoms with Gasteiger partial charge in [-0.15, -0.1) is 0 Å². The van der Waals surface area contributed by atoms with Crippen LogP contribution in [0.25, 0.3) is 0 Å². The van der Waals surface area contributed by atoms with Crippen LogP contribution in [-0.2, 0) is 0 Å². The molecule has 0 aliphatic rings. The Morgan fingerprint density at radius 2 is 1.15 bits per heavy atom. The second kappa shape index (κ2) is 12.7. The van der Waals surface area contributed by atoms with Gasteiger partial charge in [0, 0.05) is 0 Å². The molecule has 0 radical (unpaired) electrons. The van der Waals surface area contributed by atoms with E-state index >= 15 is 0 Å². The minimum atomic E-state index is 0.861. The van der Waals surface area contributed by atoms with Crippen molar-refractivity contribution in [3.05, 3.63) is 0 Å². The minimum absolute atomic E-state index is 0.861. The molecule has 0 bridgehead atoms. The molecule has 3 unspecified atom stereocenters. The van der Waals surface area contributed by atoms with Crippen LogP contribution < -0.4 is 0 Å². The highest BCUT2D eigenvalue weighted by Crippen LogP contribution is 2.24. The fourth-order valence-electron chi connectivity index (χ4n) is 3.58. The smallest absolute Gasteiger partial charge is 0.0438 e. The SMILES string of the molecule is CCCCCCC(C)CCCC(C)CC(C)CC(C)C. The third kappa shape index (κ3) is 13.0. The van der Waals surface area contributed by atoms with Crippen molar-refractivity contribution in [1.82, 2.24) is 0 Å². The minimum Gasteiger partial charge on any atom is -0.0654 e. The quantitative estimate of drug-likeness (QED) is 0.307. The summed E-state index contributed by atoms with van der Waals surface area (Å²) in [5.74, 6) is 3.65. The Hall–Kier alpha value is 0. The van der Waals surface area contributed by atoms with Gasteiger partial charge in [0.2, 0.25) is 0 Å². The first-order valence-corrected chi connectivity index (χ1v) is 9.45. The molecule has 0 aromatic rings. The van der Waals surface area contributed by atoms with Crippen LogP contribution in [-0.4, -0.2) is 0 Å². The molecule has 20 heavy (non-hydrogen) atoms. The molecule has 0 amide bonds. The maximum Gasteiger partial charge on any atom is -0.0438 e. The van der Waals surface area contributed by atoms with Crippen molar-refractivity contribution in [3.63, 3.8) is 0 Å². The van der Waals surface area contributed by atoms with E-state index in [0.29, 0.717) is 0 Å². The van der Waals surface area contributed by atoms with Gasteiger partial charge in [-0.25, -0.2) is 0 Å². The summed E-state index contributed by atoms with van der Waals surface area (Å²) >= 11 is 0. The van der Waals surface area contributed by atoms with Gasteiger partial charge in [0.15, 0.2) is 0 Å². The van der Waals surface area contributed by atoms with Gasteiger partial charge in [0.25, 0.3) is 0 Å². The molecule has 0 saturated heterocycles. The standard InChI is InChI=1S/C20H42/c1-7-8-9-10-12-18(4)13-11-14-19(5)16-20(6)15-17(2)3/h17-20H,7-16H2,1-6H3. The van der Waals surface area contributed by atoms with E-state index < -0.39 is 0 Å². The first-order chi connectivity index (χ1) is 9.45. The van der Waals surface area contributed by atoms with Crippen LogP contribution in [0.1, 0.15) is 106 Å². The van der Waals surface area contributed by atoms with Gasteiger partial charge in [-0.1, -0.05) is 92.9 Å². The van der Waals surface area contributed by atoms with Crippen LogP contribution in [0.4, 0.5) is 0 Å². The van der Waals surface area contributed by atoms with Crippen molar-refractivity contribution >= 4 is 0 Å². The molecule has 0 aliphatic carbocycles. The van der Waals surface area contributed by atoms with Gasteiger partial charge in [0.05, 0.1) is 0 Å². The third-order valence-corrected chi connectivity index (χ3v) is 4.62. The van der Waals surface area contributed by atoms with E-state index in [1.54, 1.807) is 0 Å². The van der Waals surface area contributed by atoms with Gasteiger partial charge in [-0.3, -0.25) is 0 Å². The van der Waals surface area contributed by atoms with E-state index in [0.717, 1.165) is 23.7 Å². The molecule has 0 heteroatoms. The van der Waals surface area contributed by atoms with Crippen molar-refractivity contribution in [2.24, 2.45) is 23.7 Å². The van der Waals surface area contributed by atoms with E-state index in [-0.39, 0.29) is 0 Å². The van der Waals surface area contributed by atoms with Crippen molar-refractivity contribution in [1.29, 1.82) is 0 Å². The Balaban J connectivity index is 3.52. The maximum atomic E-state index is 2.46. The van der Waals surface area contributed by atoms with Crippen molar-refractivity contribution in [3.8, 4) is 0 Å². The van der Waals surface area contributed by atoms with E-state index in [9.17, 15) is 0 Å². The number of rotatable bonds is 13. The molecule has 0 spiro atoms. The van der Waals surface area contributed by atoms with Crippen LogP contribution in [0.2, 0.25) is 0 Å². The molecular weight excluding hydrogens is 240 g/mol. The fourth-order valence-corrected chi connectivity index (χ4v) is 3.58. The normalized spacial score (nSPS) is 16.4. The molecule has 0 rings (SSSR count). The van der Waals surface area contributed by atoms with Crippen LogP contribution in [0.5, 0.6) is 0 Å².